The van der Waals surface area contributed by atoms with Crippen LogP contribution in [0.2, 0.25) is 0 Å². The lowest BCUT2D eigenvalue weighted by molar-refractivity contribution is -0.143. The first-order valence-corrected chi connectivity index (χ1v) is 10.3. The lowest BCUT2D eigenvalue weighted by atomic mass is 9.87. The van der Waals surface area contributed by atoms with Crippen LogP contribution in [0.15, 0.2) is 48.5 Å². The van der Waals surface area contributed by atoms with Gasteiger partial charge in [-0.15, -0.1) is 11.6 Å². The van der Waals surface area contributed by atoms with Crippen LogP contribution in [0.5, 0.6) is 0 Å². The summed E-state index contributed by atoms with van der Waals surface area (Å²) < 4.78 is 30.8. The minimum Gasteiger partial charge on any atom is -0.466 e. The predicted octanol–water partition coefficient (Wildman–Crippen LogP) is 6.18. The van der Waals surface area contributed by atoms with Crippen LogP contribution in [0.1, 0.15) is 57.6 Å². The molecule has 3 nitrogen and oxygen atoms in total. The molecule has 0 aromatic heterocycles. The molecule has 0 aliphatic rings. The Hall–Kier alpha value is -2.27. The summed E-state index contributed by atoms with van der Waals surface area (Å²) in [7, 11) is 0. The first kappa shape index (κ1) is 25.8. The molecule has 2 rings (SSSR count). The third-order valence-corrected chi connectivity index (χ3v) is 4.65. The molecule has 6 heteroatoms. The molecule has 0 fully saturated rings. The van der Waals surface area contributed by atoms with E-state index < -0.39 is 17.7 Å². The van der Waals surface area contributed by atoms with E-state index in [1.54, 1.807) is 31.2 Å². The van der Waals surface area contributed by atoms with Gasteiger partial charge in [-0.05, 0) is 47.7 Å². The molecule has 1 atom stereocenters. The largest absolute Gasteiger partial charge is 0.466 e. The lowest BCUT2D eigenvalue weighted by Crippen LogP contribution is -2.14. The monoisotopic (exact) mass is 438 g/mol. The molecule has 164 valence electrons. The van der Waals surface area contributed by atoms with Gasteiger partial charge in [0.1, 0.15) is 17.4 Å². The number of rotatable bonds is 7. The molecular weight excluding hydrogens is 410 g/mol. The fourth-order valence-corrected chi connectivity index (χ4v) is 2.88. The number of hydrogen-bond donors (Lipinski definition) is 0. The van der Waals surface area contributed by atoms with Crippen LogP contribution >= 0.6 is 11.6 Å². The number of carbonyl (C=O) groups is 2. The molecule has 30 heavy (non-hydrogen) atoms. The molecular formula is C24H29ClF2O3. The van der Waals surface area contributed by atoms with Crippen LogP contribution in [0, 0.1) is 11.6 Å². The minimum atomic E-state index is -0.404. The molecule has 1 unspecified atom stereocenters. The van der Waals surface area contributed by atoms with Crippen molar-refractivity contribution in [2.75, 3.05) is 12.5 Å². The van der Waals surface area contributed by atoms with Gasteiger partial charge in [0.25, 0.3) is 0 Å². The zero-order chi connectivity index (χ0) is 22.7. The number of benzene rings is 2. The molecule has 0 radical (unpaired) electrons. The Bertz CT molecular complexity index is 831. The van der Waals surface area contributed by atoms with E-state index in [-0.39, 0.29) is 42.3 Å². The normalized spacial score (nSPS) is 11.8. The number of halogens is 3. The van der Waals surface area contributed by atoms with Crippen molar-refractivity contribution < 1.29 is 23.1 Å². The Labute approximate surface area is 182 Å². The van der Waals surface area contributed by atoms with Crippen molar-refractivity contribution in [1.29, 1.82) is 0 Å². The van der Waals surface area contributed by atoms with Crippen LogP contribution in [-0.2, 0) is 19.7 Å². The molecule has 0 saturated heterocycles. The molecule has 0 heterocycles. The Balaban J connectivity index is 0.000000346. The Morgan fingerprint density at radius 2 is 1.60 bits per heavy atom. The number of alkyl halides is 1. The zero-order valence-electron chi connectivity index (χ0n) is 17.9. The number of esters is 1. The van der Waals surface area contributed by atoms with Gasteiger partial charge in [0.15, 0.2) is 0 Å². The van der Waals surface area contributed by atoms with Crippen molar-refractivity contribution in [2.45, 2.75) is 51.9 Å². The Morgan fingerprint density at radius 1 is 1.00 bits per heavy atom. The topological polar surface area (TPSA) is 43.4 Å². The molecule has 0 N–H and O–H groups in total. The lowest BCUT2D eigenvalue weighted by Gasteiger charge is -2.18. The van der Waals surface area contributed by atoms with Gasteiger partial charge in [0.2, 0.25) is 0 Å². The van der Waals surface area contributed by atoms with Crippen LogP contribution < -0.4 is 0 Å². The molecule has 0 aliphatic heterocycles. The van der Waals surface area contributed by atoms with Crippen molar-refractivity contribution >= 4 is 23.4 Å². The van der Waals surface area contributed by atoms with Gasteiger partial charge in [-0.25, -0.2) is 8.78 Å². The van der Waals surface area contributed by atoms with Crippen LogP contribution in [0.25, 0.3) is 0 Å². The summed E-state index contributed by atoms with van der Waals surface area (Å²) in [6, 6.07) is 12.6. The summed E-state index contributed by atoms with van der Waals surface area (Å²) in [4.78, 5) is 23.0. The summed E-state index contributed by atoms with van der Waals surface area (Å²) in [5.41, 5.74) is 1.69. The van der Waals surface area contributed by atoms with Gasteiger partial charge < -0.3 is 4.74 Å². The smallest absolute Gasteiger partial charge is 0.306 e. The number of ether oxygens (including phenoxy) is 1. The maximum Gasteiger partial charge on any atom is 0.306 e. The highest BCUT2D eigenvalue weighted by Crippen LogP contribution is 2.25. The van der Waals surface area contributed by atoms with Crippen molar-refractivity contribution in [1.82, 2.24) is 0 Å². The van der Waals surface area contributed by atoms with E-state index in [1.165, 1.54) is 18.2 Å². The van der Waals surface area contributed by atoms with Gasteiger partial charge in [-0.1, -0.05) is 45.0 Å². The highest BCUT2D eigenvalue weighted by Gasteiger charge is 2.20. The molecule has 2 aromatic rings. The van der Waals surface area contributed by atoms with Gasteiger partial charge >= 0.3 is 5.97 Å². The average Bonchev–Trinajstić information content (AvgIpc) is 2.67. The van der Waals surface area contributed by atoms with Crippen LogP contribution in [0.4, 0.5) is 8.78 Å². The van der Waals surface area contributed by atoms with E-state index in [0.29, 0.717) is 5.56 Å². The molecule has 0 saturated carbocycles. The first-order chi connectivity index (χ1) is 14.1. The Morgan fingerprint density at radius 3 is 2.07 bits per heavy atom. The van der Waals surface area contributed by atoms with Crippen molar-refractivity contribution in [3.8, 4) is 0 Å². The summed E-state index contributed by atoms with van der Waals surface area (Å²) in [6.45, 7) is 8.20. The average molecular weight is 439 g/mol. The third kappa shape index (κ3) is 9.49. The fourth-order valence-electron chi connectivity index (χ4n) is 2.77. The van der Waals surface area contributed by atoms with Crippen molar-refractivity contribution in [3.63, 3.8) is 0 Å². The number of Topliss-reactive ketones (excluding diaryl/α,β-unsaturated/α-hetero) is 1. The van der Waals surface area contributed by atoms with Gasteiger partial charge in [-0.3, -0.25) is 9.59 Å². The van der Waals surface area contributed by atoms with E-state index >= 15 is 0 Å². The fraction of sp³-hybridized carbons (Fsp3) is 0.417. The quantitative estimate of drug-likeness (QED) is 0.382. The van der Waals surface area contributed by atoms with E-state index in [0.717, 1.165) is 5.56 Å². The van der Waals surface area contributed by atoms with E-state index in [4.69, 9.17) is 16.3 Å². The maximum absolute atomic E-state index is 13.2. The van der Waals surface area contributed by atoms with E-state index in [2.05, 4.69) is 20.8 Å². The van der Waals surface area contributed by atoms with Crippen molar-refractivity contribution in [2.24, 2.45) is 0 Å². The molecule has 0 amide bonds. The van der Waals surface area contributed by atoms with Gasteiger partial charge in [-0.2, -0.15) is 0 Å². The second kappa shape index (κ2) is 12.4. The Kier molecular flexibility index (Phi) is 10.7. The van der Waals surface area contributed by atoms with Gasteiger partial charge in [0.05, 0.1) is 18.9 Å². The zero-order valence-corrected chi connectivity index (χ0v) is 18.6. The minimum absolute atomic E-state index is 0.0416. The summed E-state index contributed by atoms with van der Waals surface area (Å²) in [5, 5.41) is 0. The van der Waals surface area contributed by atoms with E-state index in [1.807, 2.05) is 6.07 Å². The second-order valence-electron chi connectivity index (χ2n) is 7.90. The molecule has 0 spiro atoms. The number of carbonyl (C=O) groups excluding carboxylic acids is 2. The number of hydrogen-bond acceptors (Lipinski definition) is 3. The number of ketones is 1. The first-order valence-electron chi connectivity index (χ1n) is 9.81. The van der Waals surface area contributed by atoms with Crippen molar-refractivity contribution in [3.05, 3.63) is 71.3 Å². The maximum atomic E-state index is 13.2. The predicted molar refractivity (Wildman–Crippen MR) is 116 cm³/mol. The highest BCUT2D eigenvalue weighted by atomic mass is 35.5. The third-order valence-electron chi connectivity index (χ3n) is 4.35. The van der Waals surface area contributed by atoms with Crippen LogP contribution in [-0.4, -0.2) is 24.2 Å². The summed E-state index contributed by atoms with van der Waals surface area (Å²) in [6.07, 6.45) is 0.145. The SMILES string of the molecule is CC(C)(C)c1cccc(F)c1.CCOC(=O)CC(CC(=O)CCl)c1cccc(F)c1. The highest BCUT2D eigenvalue weighted by molar-refractivity contribution is 6.27. The van der Waals surface area contributed by atoms with Crippen LogP contribution in [0.3, 0.4) is 0 Å². The standard InChI is InChI=1S/C14H16ClFO3.C10H13F/c1-2-19-14(18)8-11(7-13(17)9-15)10-4-3-5-12(16)6-10;1-10(2,3)8-5-4-6-9(11)7-8/h3-6,11H,2,7-9H2,1H3;4-7H,1-3H3. The summed E-state index contributed by atoms with van der Waals surface area (Å²) >= 11 is 5.47. The summed E-state index contributed by atoms with van der Waals surface area (Å²) in [5.74, 6) is -1.66. The van der Waals surface area contributed by atoms with Gasteiger partial charge in [0, 0.05) is 12.3 Å². The molecule has 0 aliphatic carbocycles. The second-order valence-corrected chi connectivity index (χ2v) is 8.17. The molecule has 0 bridgehead atoms. The van der Waals surface area contributed by atoms with E-state index in [9.17, 15) is 18.4 Å². The molecule has 2 aromatic carbocycles.